The number of amides is 4. The Balaban J connectivity index is 1.49. The lowest BCUT2D eigenvalue weighted by Crippen LogP contribution is -2.50. The predicted molar refractivity (Wildman–Crippen MR) is 94.2 cm³/mol. The van der Waals surface area contributed by atoms with Crippen LogP contribution >= 0.6 is 11.3 Å². The Hall–Kier alpha value is -1.89. The molecule has 6 nitrogen and oxygen atoms in total. The molecule has 4 rings (SSSR count). The topological polar surface area (TPSA) is 78.5 Å². The van der Waals surface area contributed by atoms with Gasteiger partial charge in [-0.15, -0.1) is 11.3 Å². The van der Waals surface area contributed by atoms with Gasteiger partial charge in [-0.1, -0.05) is 26.2 Å². The predicted octanol–water partition coefficient (Wildman–Crippen LogP) is 2.77. The molecule has 2 heterocycles. The summed E-state index contributed by atoms with van der Waals surface area (Å²) in [5.41, 5.74) is 2.95. The molecule has 0 aromatic carbocycles. The van der Waals surface area contributed by atoms with Crippen LogP contribution in [0.1, 0.15) is 65.6 Å². The first-order valence-corrected chi connectivity index (χ1v) is 9.89. The van der Waals surface area contributed by atoms with Gasteiger partial charge >= 0.3 is 6.03 Å². The average Bonchev–Trinajstić information content (AvgIpc) is 3.10. The molecule has 0 unspecified atom stereocenters. The molecule has 2 fully saturated rings. The Morgan fingerprint density at radius 2 is 2.08 bits per heavy atom. The second-order valence-corrected chi connectivity index (χ2v) is 8.70. The minimum atomic E-state index is -0.813. The molecule has 0 radical (unpaired) electrons. The molecular weight excluding hydrogens is 338 g/mol. The van der Waals surface area contributed by atoms with Crippen molar-refractivity contribution in [2.75, 3.05) is 0 Å². The minimum absolute atomic E-state index is 0.319. The highest BCUT2D eigenvalue weighted by atomic mass is 32.1. The first kappa shape index (κ1) is 16.6. The van der Waals surface area contributed by atoms with Gasteiger partial charge in [-0.05, 0) is 49.7 Å². The fourth-order valence-electron chi connectivity index (χ4n) is 4.19. The van der Waals surface area contributed by atoms with Crippen molar-refractivity contribution in [3.05, 3.63) is 21.4 Å². The van der Waals surface area contributed by atoms with E-state index in [-0.39, 0.29) is 11.8 Å². The normalized spacial score (nSPS) is 25.0. The summed E-state index contributed by atoms with van der Waals surface area (Å²) in [6.45, 7) is 2.22. The van der Waals surface area contributed by atoms with Crippen LogP contribution < -0.4 is 10.7 Å². The number of urea groups is 1. The number of aryl methyl sites for hydroxylation is 1. The van der Waals surface area contributed by atoms with Gasteiger partial charge in [0, 0.05) is 4.88 Å². The summed E-state index contributed by atoms with van der Waals surface area (Å²) in [6.07, 6.45) is 7.35. The van der Waals surface area contributed by atoms with Crippen LogP contribution in [0.25, 0.3) is 0 Å². The molecule has 2 N–H and O–H groups in total. The van der Waals surface area contributed by atoms with Crippen LogP contribution in [0.2, 0.25) is 0 Å². The molecule has 1 spiro atoms. The second-order valence-electron chi connectivity index (χ2n) is 7.56. The van der Waals surface area contributed by atoms with Crippen molar-refractivity contribution in [1.82, 2.24) is 15.8 Å². The van der Waals surface area contributed by atoms with Crippen LogP contribution in [-0.2, 0) is 17.6 Å². The standard InChI is InChI=1S/C18H23N3O3S/c1-11-5-6-13-12(9-11)10-14(25-13)15(22)20-21-16(23)18(19-17(21)24)7-3-2-4-8-18/h10-11H,2-9H2,1H3,(H,19,24)(H,20,22)/t11-/m0/s1. The van der Waals surface area contributed by atoms with Crippen molar-refractivity contribution in [1.29, 1.82) is 0 Å². The third-order valence-electron chi connectivity index (χ3n) is 5.64. The molecule has 1 aliphatic heterocycles. The maximum atomic E-state index is 12.7. The summed E-state index contributed by atoms with van der Waals surface area (Å²) in [5.74, 6) is -0.0565. The molecule has 1 saturated heterocycles. The number of rotatable bonds is 2. The second kappa shape index (κ2) is 6.12. The van der Waals surface area contributed by atoms with Crippen LogP contribution in [0, 0.1) is 5.92 Å². The zero-order chi connectivity index (χ0) is 17.6. The summed E-state index contributed by atoms with van der Waals surface area (Å²) >= 11 is 1.48. The highest BCUT2D eigenvalue weighted by Gasteiger charge is 2.52. The number of imide groups is 1. The molecule has 1 atom stereocenters. The summed E-state index contributed by atoms with van der Waals surface area (Å²) in [5, 5.41) is 3.69. The summed E-state index contributed by atoms with van der Waals surface area (Å²) in [4.78, 5) is 39.4. The van der Waals surface area contributed by atoms with Crippen molar-refractivity contribution in [2.45, 2.75) is 63.8 Å². The molecular formula is C18H23N3O3S. The summed E-state index contributed by atoms with van der Waals surface area (Å²) < 4.78 is 0. The number of carbonyl (C=O) groups is 3. The van der Waals surface area contributed by atoms with Gasteiger partial charge in [0.05, 0.1) is 4.88 Å². The Labute approximate surface area is 150 Å². The number of thiophene rings is 1. The molecule has 7 heteroatoms. The Bertz CT molecular complexity index is 736. The molecule has 25 heavy (non-hydrogen) atoms. The van der Waals surface area contributed by atoms with Gasteiger partial charge in [-0.25, -0.2) is 4.79 Å². The molecule has 0 bridgehead atoms. The van der Waals surface area contributed by atoms with Crippen LogP contribution in [0.5, 0.6) is 0 Å². The van der Waals surface area contributed by atoms with E-state index < -0.39 is 11.6 Å². The number of nitrogens with zero attached hydrogens (tertiary/aromatic N) is 1. The monoisotopic (exact) mass is 361 g/mol. The number of carbonyl (C=O) groups excluding carboxylic acids is 3. The fourth-order valence-corrected chi connectivity index (χ4v) is 5.29. The van der Waals surface area contributed by atoms with Gasteiger partial charge in [0.2, 0.25) is 0 Å². The molecule has 1 aromatic heterocycles. The largest absolute Gasteiger partial charge is 0.344 e. The van der Waals surface area contributed by atoms with E-state index in [2.05, 4.69) is 17.7 Å². The van der Waals surface area contributed by atoms with Crippen molar-refractivity contribution >= 4 is 29.2 Å². The van der Waals surface area contributed by atoms with Crippen molar-refractivity contribution < 1.29 is 14.4 Å². The zero-order valence-corrected chi connectivity index (χ0v) is 15.2. The smallest absolute Gasteiger partial charge is 0.322 e. The van der Waals surface area contributed by atoms with Crippen molar-refractivity contribution in [3.63, 3.8) is 0 Å². The lowest BCUT2D eigenvalue weighted by atomic mass is 9.82. The molecule has 134 valence electrons. The van der Waals surface area contributed by atoms with E-state index in [1.165, 1.54) is 21.8 Å². The molecule has 2 aliphatic carbocycles. The van der Waals surface area contributed by atoms with E-state index in [4.69, 9.17) is 0 Å². The van der Waals surface area contributed by atoms with Gasteiger partial charge in [0.15, 0.2) is 0 Å². The van der Waals surface area contributed by atoms with E-state index >= 15 is 0 Å². The van der Waals surface area contributed by atoms with Crippen LogP contribution in [-0.4, -0.2) is 28.4 Å². The average molecular weight is 361 g/mol. The van der Waals surface area contributed by atoms with Gasteiger partial charge in [0.25, 0.3) is 11.8 Å². The lowest BCUT2D eigenvalue weighted by molar-refractivity contribution is -0.134. The Morgan fingerprint density at radius 1 is 1.32 bits per heavy atom. The molecule has 1 saturated carbocycles. The van der Waals surface area contributed by atoms with Crippen molar-refractivity contribution in [3.8, 4) is 0 Å². The first-order valence-electron chi connectivity index (χ1n) is 9.08. The van der Waals surface area contributed by atoms with Crippen LogP contribution in [0.3, 0.4) is 0 Å². The van der Waals surface area contributed by atoms with E-state index in [1.54, 1.807) is 0 Å². The van der Waals surface area contributed by atoms with Gasteiger partial charge < -0.3 is 5.32 Å². The highest BCUT2D eigenvalue weighted by Crippen LogP contribution is 2.34. The molecule has 4 amide bonds. The van der Waals surface area contributed by atoms with Gasteiger partial charge in [0.1, 0.15) is 5.54 Å². The highest BCUT2D eigenvalue weighted by molar-refractivity contribution is 7.14. The van der Waals surface area contributed by atoms with Gasteiger partial charge in [-0.2, -0.15) is 5.01 Å². The summed E-state index contributed by atoms with van der Waals surface area (Å²) in [6, 6.07) is 1.40. The fraction of sp³-hybridized carbons (Fsp3) is 0.611. The molecule has 1 aromatic rings. The van der Waals surface area contributed by atoms with Gasteiger partial charge in [-0.3, -0.25) is 15.0 Å². The molecule has 3 aliphatic rings. The maximum Gasteiger partial charge on any atom is 0.344 e. The van der Waals surface area contributed by atoms with E-state index in [0.717, 1.165) is 43.5 Å². The lowest BCUT2D eigenvalue weighted by Gasteiger charge is -2.30. The van der Waals surface area contributed by atoms with E-state index in [0.29, 0.717) is 23.6 Å². The Kier molecular flexibility index (Phi) is 4.06. The van der Waals surface area contributed by atoms with E-state index in [1.807, 2.05) is 6.07 Å². The number of fused-ring (bicyclic) bond motifs is 1. The summed E-state index contributed by atoms with van der Waals surface area (Å²) in [7, 11) is 0. The van der Waals surface area contributed by atoms with Crippen molar-refractivity contribution in [2.24, 2.45) is 5.92 Å². The number of hydrogen-bond donors (Lipinski definition) is 2. The SMILES string of the molecule is C[C@H]1CCc2sc(C(=O)NN3C(=O)NC4(CCCCC4)C3=O)cc2C1. The van der Waals surface area contributed by atoms with Crippen LogP contribution in [0.4, 0.5) is 4.79 Å². The third-order valence-corrected chi connectivity index (χ3v) is 6.87. The number of nitrogens with one attached hydrogen (secondary N) is 2. The third kappa shape index (κ3) is 2.84. The number of hydrogen-bond acceptors (Lipinski definition) is 4. The maximum absolute atomic E-state index is 12.7. The number of hydrazine groups is 1. The minimum Gasteiger partial charge on any atom is -0.322 e. The quantitative estimate of drug-likeness (QED) is 0.795. The zero-order valence-electron chi connectivity index (χ0n) is 14.4. The first-order chi connectivity index (χ1) is 12.0. The van der Waals surface area contributed by atoms with E-state index in [9.17, 15) is 14.4 Å². The van der Waals surface area contributed by atoms with Crippen LogP contribution in [0.15, 0.2) is 6.07 Å². The Morgan fingerprint density at radius 3 is 2.84 bits per heavy atom.